The summed E-state index contributed by atoms with van der Waals surface area (Å²) in [7, 11) is 1.40. The maximum atomic E-state index is 12.9. The number of hydrogen-bond donors (Lipinski definition) is 1. The van der Waals surface area contributed by atoms with Gasteiger partial charge in [0.25, 0.3) is 5.69 Å². The number of amides is 2. The lowest BCUT2D eigenvalue weighted by Crippen LogP contribution is -2.33. The molecule has 3 rings (SSSR count). The van der Waals surface area contributed by atoms with Crippen molar-refractivity contribution < 1.29 is 19.2 Å². The number of nitro benzene ring substituents is 1. The minimum Gasteiger partial charge on any atom is -0.495 e. The van der Waals surface area contributed by atoms with Gasteiger partial charge in [0.05, 0.1) is 23.4 Å². The Kier molecular flexibility index (Phi) is 7.26. The van der Waals surface area contributed by atoms with Gasteiger partial charge in [-0.3, -0.25) is 24.6 Å². The lowest BCUT2D eigenvalue weighted by atomic mass is 10.2. The van der Waals surface area contributed by atoms with Crippen molar-refractivity contribution in [3.8, 4) is 5.75 Å². The van der Waals surface area contributed by atoms with E-state index in [1.807, 2.05) is 31.2 Å². The molecule has 0 spiro atoms. The minimum atomic E-state index is -0.678. The Bertz CT molecular complexity index is 1100. The number of nitrogens with one attached hydrogen (secondary N) is 1. The summed E-state index contributed by atoms with van der Waals surface area (Å²) in [6, 6.07) is 11.5. The van der Waals surface area contributed by atoms with Crippen LogP contribution in [0.5, 0.6) is 5.75 Å². The quantitative estimate of drug-likeness (QED) is 0.366. The average molecular weight is 455 g/mol. The van der Waals surface area contributed by atoms with E-state index in [1.54, 1.807) is 6.08 Å². The number of thioether (sulfide) groups is 1. The standard InChI is InChI=1S/C22H22N4O5S/c1-4-11-25-21(28)19(32-22(25)24-16-8-6-5-7-14(16)2)13-20(27)23-17-12-15(26(29)30)9-10-18(17)31-3/h4-10,12,19H,1,11,13H2,2-3H3,(H,23,27). The molecule has 32 heavy (non-hydrogen) atoms. The van der Waals surface area contributed by atoms with Crippen LogP contribution in [-0.4, -0.2) is 45.7 Å². The van der Waals surface area contributed by atoms with Gasteiger partial charge >= 0.3 is 0 Å². The molecule has 2 amide bonds. The van der Waals surface area contributed by atoms with Crippen LogP contribution in [0.25, 0.3) is 0 Å². The van der Waals surface area contributed by atoms with Crippen molar-refractivity contribution in [3.63, 3.8) is 0 Å². The first-order chi connectivity index (χ1) is 15.3. The van der Waals surface area contributed by atoms with E-state index in [2.05, 4.69) is 16.9 Å². The van der Waals surface area contributed by atoms with Gasteiger partial charge in [-0.05, 0) is 24.6 Å². The monoisotopic (exact) mass is 454 g/mol. The number of anilines is 1. The number of aliphatic imine (C=N–C) groups is 1. The van der Waals surface area contributed by atoms with Crippen LogP contribution in [0.2, 0.25) is 0 Å². The lowest BCUT2D eigenvalue weighted by molar-refractivity contribution is -0.384. The van der Waals surface area contributed by atoms with E-state index in [9.17, 15) is 19.7 Å². The highest BCUT2D eigenvalue weighted by Gasteiger charge is 2.38. The number of hydrogen-bond acceptors (Lipinski definition) is 7. The molecule has 1 aliphatic rings. The number of amidine groups is 1. The summed E-state index contributed by atoms with van der Waals surface area (Å²) in [6.45, 7) is 5.89. The van der Waals surface area contributed by atoms with E-state index < -0.39 is 16.1 Å². The van der Waals surface area contributed by atoms with E-state index in [0.717, 1.165) is 11.3 Å². The zero-order valence-electron chi connectivity index (χ0n) is 17.6. The second-order valence-electron chi connectivity index (χ2n) is 6.92. The number of non-ortho nitro benzene ring substituents is 1. The second-order valence-corrected chi connectivity index (χ2v) is 8.09. The Labute approximate surface area is 189 Å². The van der Waals surface area contributed by atoms with Gasteiger partial charge in [-0.1, -0.05) is 36.0 Å². The summed E-state index contributed by atoms with van der Waals surface area (Å²) in [4.78, 5) is 42.2. The number of ether oxygens (including phenoxy) is 1. The third-order valence-electron chi connectivity index (χ3n) is 4.70. The molecule has 166 valence electrons. The minimum absolute atomic E-state index is 0.129. The predicted octanol–water partition coefficient (Wildman–Crippen LogP) is 4.06. The normalized spacial score (nSPS) is 16.8. The number of para-hydroxylation sites is 1. The Morgan fingerprint density at radius 1 is 1.38 bits per heavy atom. The molecule has 1 N–H and O–H groups in total. The van der Waals surface area contributed by atoms with Crippen molar-refractivity contribution in [2.24, 2.45) is 4.99 Å². The number of benzene rings is 2. The average Bonchev–Trinajstić information content (AvgIpc) is 3.04. The fourth-order valence-corrected chi connectivity index (χ4v) is 4.25. The topological polar surface area (TPSA) is 114 Å². The summed E-state index contributed by atoms with van der Waals surface area (Å²) < 4.78 is 5.17. The molecule has 0 aromatic heterocycles. The van der Waals surface area contributed by atoms with Crippen molar-refractivity contribution >= 4 is 45.8 Å². The summed E-state index contributed by atoms with van der Waals surface area (Å²) >= 11 is 1.21. The maximum absolute atomic E-state index is 12.9. The molecular weight excluding hydrogens is 432 g/mol. The van der Waals surface area contributed by atoms with E-state index in [1.165, 1.54) is 42.0 Å². The molecule has 1 aliphatic heterocycles. The highest BCUT2D eigenvalue weighted by atomic mass is 32.2. The van der Waals surface area contributed by atoms with E-state index in [4.69, 9.17) is 4.74 Å². The third-order valence-corrected chi connectivity index (χ3v) is 5.88. The van der Waals surface area contributed by atoms with Crippen molar-refractivity contribution in [1.29, 1.82) is 0 Å². The van der Waals surface area contributed by atoms with Gasteiger partial charge in [0.1, 0.15) is 11.0 Å². The van der Waals surface area contributed by atoms with Crippen LogP contribution in [-0.2, 0) is 9.59 Å². The number of nitrogens with zero attached hydrogens (tertiary/aromatic N) is 3. The fraction of sp³-hybridized carbons (Fsp3) is 0.227. The molecule has 1 atom stereocenters. The molecule has 0 radical (unpaired) electrons. The molecule has 1 unspecified atom stereocenters. The Hall–Kier alpha value is -3.66. The summed E-state index contributed by atoms with van der Waals surface area (Å²) in [5.41, 5.74) is 1.69. The van der Waals surface area contributed by atoms with Crippen LogP contribution >= 0.6 is 11.8 Å². The number of methoxy groups -OCH3 is 1. The van der Waals surface area contributed by atoms with Gasteiger partial charge in [0.2, 0.25) is 11.8 Å². The fourth-order valence-electron chi connectivity index (χ4n) is 3.09. The van der Waals surface area contributed by atoms with E-state index >= 15 is 0 Å². The highest BCUT2D eigenvalue weighted by Crippen LogP contribution is 2.33. The van der Waals surface area contributed by atoms with Crippen molar-refractivity contribution in [1.82, 2.24) is 4.90 Å². The first-order valence-electron chi connectivity index (χ1n) is 9.69. The number of aryl methyl sites for hydroxylation is 1. The van der Waals surface area contributed by atoms with Crippen LogP contribution in [0.15, 0.2) is 60.1 Å². The molecule has 2 aromatic rings. The van der Waals surface area contributed by atoms with Gasteiger partial charge in [-0.25, -0.2) is 4.99 Å². The van der Waals surface area contributed by atoms with Crippen molar-refractivity contribution in [3.05, 3.63) is 70.8 Å². The van der Waals surface area contributed by atoms with Crippen LogP contribution in [0.1, 0.15) is 12.0 Å². The zero-order chi connectivity index (χ0) is 23.3. The van der Waals surface area contributed by atoms with Gasteiger partial charge in [0.15, 0.2) is 5.17 Å². The van der Waals surface area contributed by atoms with Gasteiger partial charge in [-0.15, -0.1) is 6.58 Å². The second kappa shape index (κ2) is 10.1. The Morgan fingerprint density at radius 2 is 2.12 bits per heavy atom. The third kappa shape index (κ3) is 5.14. The van der Waals surface area contributed by atoms with Crippen molar-refractivity contribution in [2.45, 2.75) is 18.6 Å². The van der Waals surface area contributed by atoms with E-state index in [0.29, 0.717) is 5.17 Å². The molecule has 0 aliphatic carbocycles. The summed E-state index contributed by atoms with van der Waals surface area (Å²) in [5.74, 6) is -0.432. The van der Waals surface area contributed by atoms with E-state index in [-0.39, 0.29) is 36.0 Å². The van der Waals surface area contributed by atoms with Gasteiger partial charge in [-0.2, -0.15) is 0 Å². The maximum Gasteiger partial charge on any atom is 0.271 e. The molecule has 0 saturated carbocycles. The first-order valence-corrected chi connectivity index (χ1v) is 10.6. The molecule has 1 saturated heterocycles. The zero-order valence-corrected chi connectivity index (χ0v) is 18.4. The Balaban J connectivity index is 1.79. The largest absolute Gasteiger partial charge is 0.495 e. The van der Waals surface area contributed by atoms with Gasteiger partial charge in [0, 0.05) is 25.1 Å². The van der Waals surface area contributed by atoms with Crippen molar-refractivity contribution in [2.75, 3.05) is 19.0 Å². The van der Waals surface area contributed by atoms with Crippen LogP contribution < -0.4 is 10.1 Å². The summed E-state index contributed by atoms with van der Waals surface area (Å²) in [5, 5.41) is 13.5. The lowest BCUT2D eigenvalue weighted by Gasteiger charge is -2.14. The SMILES string of the molecule is C=CCN1C(=O)C(CC(=O)Nc2cc([N+](=O)[O-])ccc2OC)SC1=Nc1ccccc1C. The first kappa shape index (κ1) is 23.0. The molecule has 1 heterocycles. The molecule has 10 heteroatoms. The van der Waals surface area contributed by atoms with Crippen LogP contribution in [0.3, 0.4) is 0 Å². The number of nitro groups is 1. The van der Waals surface area contributed by atoms with Crippen LogP contribution in [0, 0.1) is 17.0 Å². The molecule has 0 bridgehead atoms. The number of carbonyl (C=O) groups excluding carboxylic acids is 2. The summed E-state index contributed by atoms with van der Waals surface area (Å²) in [6.07, 6.45) is 1.47. The highest BCUT2D eigenvalue weighted by molar-refractivity contribution is 8.15. The number of rotatable bonds is 8. The molecule has 2 aromatic carbocycles. The Morgan fingerprint density at radius 3 is 2.78 bits per heavy atom. The van der Waals surface area contributed by atoms with Gasteiger partial charge < -0.3 is 10.1 Å². The number of carbonyl (C=O) groups is 2. The smallest absolute Gasteiger partial charge is 0.271 e. The van der Waals surface area contributed by atoms with Crippen LogP contribution in [0.4, 0.5) is 17.1 Å². The molecule has 9 nitrogen and oxygen atoms in total. The molecular formula is C22H22N4O5S. The predicted molar refractivity (Wildman–Crippen MR) is 124 cm³/mol. The molecule has 1 fully saturated rings.